The first-order chi connectivity index (χ1) is 16.7. The van der Waals surface area contributed by atoms with Crippen molar-refractivity contribution < 1.29 is 34.0 Å². The van der Waals surface area contributed by atoms with Crippen LogP contribution in [0.1, 0.15) is 44.2 Å². The Labute approximate surface area is 202 Å². The number of halogens is 3. The molecule has 1 fully saturated rings. The van der Waals surface area contributed by atoms with E-state index in [1.807, 2.05) is 6.07 Å². The topological polar surface area (TPSA) is 91.9 Å². The van der Waals surface area contributed by atoms with Crippen molar-refractivity contribution in [3.05, 3.63) is 41.5 Å². The Morgan fingerprint density at radius 3 is 2.77 bits per heavy atom. The second kappa shape index (κ2) is 10.4. The van der Waals surface area contributed by atoms with Crippen LogP contribution in [0.5, 0.6) is 17.2 Å². The van der Waals surface area contributed by atoms with Gasteiger partial charge in [-0.3, -0.25) is 4.79 Å². The summed E-state index contributed by atoms with van der Waals surface area (Å²) < 4.78 is 47.0. The average molecular weight is 492 g/mol. The molecule has 2 aliphatic rings. The number of hydrogen-bond acceptors (Lipinski definition) is 6. The highest BCUT2D eigenvalue weighted by molar-refractivity contribution is 5.96. The van der Waals surface area contributed by atoms with Gasteiger partial charge in [0.2, 0.25) is 0 Å². The van der Waals surface area contributed by atoms with Crippen LogP contribution in [0, 0.1) is 11.8 Å². The number of ether oxygens (including phenoxy) is 2. The number of fused-ring (bicyclic) bond motifs is 1. The predicted molar refractivity (Wildman–Crippen MR) is 127 cm³/mol. The van der Waals surface area contributed by atoms with Gasteiger partial charge < -0.3 is 30.5 Å². The first kappa shape index (κ1) is 24.5. The molecular weight excluding hydrogens is 463 g/mol. The van der Waals surface area contributed by atoms with Crippen molar-refractivity contribution in [1.82, 2.24) is 5.32 Å². The molecule has 0 bridgehead atoms. The number of rotatable bonds is 5. The molecule has 35 heavy (non-hydrogen) atoms. The van der Waals surface area contributed by atoms with Gasteiger partial charge in [-0.1, -0.05) is 24.7 Å². The molecule has 4 rings (SSSR count). The fraction of sp³-hybridized carbons (Fsp3) is 0.400. The Morgan fingerprint density at radius 2 is 2.06 bits per heavy atom. The molecule has 1 heterocycles. The number of nitrogens with one attached hydrogen (secondary N) is 3. The number of alkyl halides is 3. The molecule has 7 nitrogen and oxygen atoms in total. The lowest BCUT2D eigenvalue weighted by atomic mass is 9.94. The smallest absolute Gasteiger partial charge is 0.508 e. The number of amides is 1. The molecule has 1 saturated carbocycles. The largest absolute Gasteiger partial charge is 0.573 e. The zero-order chi connectivity index (χ0) is 25.0. The van der Waals surface area contributed by atoms with E-state index in [1.165, 1.54) is 12.1 Å². The van der Waals surface area contributed by atoms with E-state index in [2.05, 4.69) is 32.5 Å². The fourth-order valence-electron chi connectivity index (χ4n) is 4.31. The van der Waals surface area contributed by atoms with E-state index in [4.69, 9.17) is 4.74 Å². The van der Waals surface area contributed by atoms with Crippen LogP contribution in [0.4, 0.5) is 24.5 Å². The molecule has 1 amide bonds. The van der Waals surface area contributed by atoms with Crippen molar-refractivity contribution >= 4 is 17.3 Å². The first-order valence-corrected chi connectivity index (χ1v) is 11.3. The summed E-state index contributed by atoms with van der Waals surface area (Å²) in [5.41, 5.74) is 2.07. The molecule has 0 saturated heterocycles. The van der Waals surface area contributed by atoms with Gasteiger partial charge in [0.25, 0.3) is 5.91 Å². The molecule has 0 radical (unpaired) electrons. The zero-order valence-corrected chi connectivity index (χ0v) is 19.1. The Kier molecular flexibility index (Phi) is 7.26. The molecule has 1 atom stereocenters. The Morgan fingerprint density at radius 1 is 1.29 bits per heavy atom. The van der Waals surface area contributed by atoms with Gasteiger partial charge in [-0.25, -0.2) is 0 Å². The number of carbonyl (C=O) groups excluding carboxylic acids is 1. The SMILES string of the molecule is CNCC#Cc1cc(C2CCCC2)c(O)cc1NC(=O)C1CNc2cc(OC(F)(F)F)ccc2O1.[HH]. The molecule has 2 aromatic rings. The maximum absolute atomic E-state index is 13.0. The number of hydrogen-bond donors (Lipinski definition) is 4. The number of aromatic hydroxyl groups is 1. The van der Waals surface area contributed by atoms with Crippen LogP contribution in [-0.4, -0.2) is 43.6 Å². The predicted octanol–water partition coefficient (Wildman–Crippen LogP) is 4.58. The third-order valence-electron chi connectivity index (χ3n) is 5.93. The van der Waals surface area contributed by atoms with E-state index < -0.39 is 24.1 Å². The van der Waals surface area contributed by atoms with E-state index >= 15 is 0 Å². The van der Waals surface area contributed by atoms with Crippen molar-refractivity contribution in [2.75, 3.05) is 30.8 Å². The van der Waals surface area contributed by atoms with E-state index in [0.29, 0.717) is 17.8 Å². The summed E-state index contributed by atoms with van der Waals surface area (Å²) in [6, 6.07) is 6.93. The fourth-order valence-corrected chi connectivity index (χ4v) is 4.31. The summed E-state index contributed by atoms with van der Waals surface area (Å²) >= 11 is 0. The summed E-state index contributed by atoms with van der Waals surface area (Å²) in [5.74, 6) is 5.76. The second-order valence-corrected chi connectivity index (χ2v) is 8.45. The van der Waals surface area contributed by atoms with Crippen LogP contribution < -0.4 is 25.4 Å². The first-order valence-electron chi connectivity index (χ1n) is 11.3. The maximum atomic E-state index is 13.0. The summed E-state index contributed by atoms with van der Waals surface area (Å²) in [4.78, 5) is 13.0. The third kappa shape index (κ3) is 6.11. The highest BCUT2D eigenvalue weighted by Gasteiger charge is 2.32. The second-order valence-electron chi connectivity index (χ2n) is 8.45. The van der Waals surface area contributed by atoms with Crippen LogP contribution in [0.15, 0.2) is 30.3 Å². The third-order valence-corrected chi connectivity index (χ3v) is 5.93. The highest BCUT2D eigenvalue weighted by Crippen LogP contribution is 2.41. The van der Waals surface area contributed by atoms with Crippen molar-refractivity contribution in [2.24, 2.45) is 0 Å². The molecule has 0 spiro atoms. The van der Waals surface area contributed by atoms with E-state index in [-0.39, 0.29) is 31.1 Å². The minimum Gasteiger partial charge on any atom is -0.508 e. The molecule has 188 valence electrons. The molecule has 0 aromatic heterocycles. The Hall–Kier alpha value is -3.58. The normalized spacial score (nSPS) is 17.4. The van der Waals surface area contributed by atoms with Gasteiger partial charge in [0.05, 0.1) is 24.5 Å². The monoisotopic (exact) mass is 491 g/mol. The zero-order valence-electron chi connectivity index (χ0n) is 19.1. The number of carbonyl (C=O) groups is 1. The van der Waals surface area contributed by atoms with E-state index in [1.54, 1.807) is 7.05 Å². The molecular formula is C25H28F3N3O4. The van der Waals surface area contributed by atoms with Crippen LogP contribution in [0.2, 0.25) is 0 Å². The summed E-state index contributed by atoms with van der Waals surface area (Å²) in [6.45, 7) is 0.487. The van der Waals surface area contributed by atoms with Crippen LogP contribution in [0.25, 0.3) is 0 Å². The molecule has 10 heteroatoms. The minimum absolute atomic E-state index is 0. The molecule has 2 aromatic carbocycles. The lowest BCUT2D eigenvalue weighted by Crippen LogP contribution is -2.41. The standard InChI is InChI=1S/C25H26F3N3O4.H2/c1-29-10-4-7-16-11-18(15-5-2-3-6-15)21(32)13-19(16)31-24(33)23-14-30-20-12-17(35-25(26,27)28)8-9-22(20)34-23;/h8-9,11-13,15,23,29-30,32H,2-3,5-6,10,14H2,1H3,(H,31,33);1H. The maximum Gasteiger partial charge on any atom is 0.573 e. The number of phenols is 1. The molecule has 1 aliphatic carbocycles. The minimum atomic E-state index is -4.81. The Bertz CT molecular complexity index is 1160. The van der Waals surface area contributed by atoms with Crippen molar-refractivity contribution in [1.29, 1.82) is 0 Å². The highest BCUT2D eigenvalue weighted by atomic mass is 19.4. The van der Waals surface area contributed by atoms with Gasteiger partial charge in [-0.2, -0.15) is 0 Å². The number of benzene rings is 2. The quantitative estimate of drug-likeness (QED) is 0.458. The van der Waals surface area contributed by atoms with Gasteiger partial charge in [-0.05, 0) is 49.6 Å². The summed E-state index contributed by atoms with van der Waals surface area (Å²) in [6.07, 6.45) is -1.54. The molecule has 1 unspecified atom stereocenters. The van der Waals surface area contributed by atoms with Crippen LogP contribution >= 0.6 is 0 Å². The van der Waals surface area contributed by atoms with Gasteiger partial charge in [0.1, 0.15) is 17.2 Å². The molecule has 1 aliphatic heterocycles. The lowest BCUT2D eigenvalue weighted by Gasteiger charge is -2.27. The summed E-state index contributed by atoms with van der Waals surface area (Å²) in [7, 11) is 1.78. The average Bonchev–Trinajstić information content (AvgIpc) is 3.33. The summed E-state index contributed by atoms with van der Waals surface area (Å²) in [5, 5.41) is 19.3. The van der Waals surface area contributed by atoms with Gasteiger partial charge >= 0.3 is 6.36 Å². The van der Waals surface area contributed by atoms with Crippen LogP contribution in [-0.2, 0) is 4.79 Å². The Balaban J connectivity index is 0.00000361. The van der Waals surface area contributed by atoms with Gasteiger partial charge in [0.15, 0.2) is 6.10 Å². The molecule has 4 N–H and O–H groups in total. The van der Waals surface area contributed by atoms with Crippen molar-refractivity contribution in [2.45, 2.75) is 44.1 Å². The number of anilines is 2. The lowest BCUT2D eigenvalue weighted by molar-refractivity contribution is -0.274. The van der Waals surface area contributed by atoms with Crippen molar-refractivity contribution in [3.63, 3.8) is 0 Å². The van der Waals surface area contributed by atoms with Crippen molar-refractivity contribution in [3.8, 4) is 29.1 Å². The van der Waals surface area contributed by atoms with Crippen LogP contribution in [0.3, 0.4) is 0 Å². The van der Waals surface area contributed by atoms with Gasteiger partial charge in [0, 0.05) is 19.1 Å². The van der Waals surface area contributed by atoms with E-state index in [0.717, 1.165) is 43.4 Å². The van der Waals surface area contributed by atoms with E-state index in [9.17, 15) is 23.1 Å². The van der Waals surface area contributed by atoms with Gasteiger partial charge in [-0.15, -0.1) is 13.2 Å². The number of phenolic OH excluding ortho intramolecular Hbond substituents is 1.